The Kier molecular flexibility index (Phi) is 7.40. The average molecular weight is 316 g/mol. The highest BCUT2D eigenvalue weighted by atomic mass is 15.2. The molecule has 0 aliphatic carbocycles. The van der Waals surface area contributed by atoms with Crippen LogP contribution in [-0.4, -0.2) is 43.1 Å². The molecule has 0 radical (unpaired) electrons. The van der Waals surface area contributed by atoms with E-state index >= 15 is 0 Å². The zero-order chi connectivity index (χ0) is 16.5. The Hall–Kier alpha value is -1.55. The van der Waals surface area contributed by atoms with Crippen molar-refractivity contribution in [2.45, 2.75) is 52.6 Å². The smallest absolute Gasteiger partial charge is 0.191 e. The van der Waals surface area contributed by atoms with Gasteiger partial charge >= 0.3 is 0 Å². The zero-order valence-corrected chi connectivity index (χ0v) is 14.9. The van der Waals surface area contributed by atoms with E-state index in [1.807, 2.05) is 0 Å². The first-order chi connectivity index (χ1) is 11.2. The van der Waals surface area contributed by atoms with Crippen LogP contribution in [0.1, 0.15) is 44.7 Å². The van der Waals surface area contributed by atoms with E-state index in [1.54, 1.807) is 0 Å². The Bertz CT molecular complexity index is 498. The van der Waals surface area contributed by atoms with Gasteiger partial charge in [-0.05, 0) is 44.2 Å². The van der Waals surface area contributed by atoms with Gasteiger partial charge in [-0.2, -0.15) is 0 Å². The van der Waals surface area contributed by atoms with Crippen LogP contribution < -0.4 is 10.6 Å². The summed E-state index contributed by atoms with van der Waals surface area (Å²) in [6.07, 6.45) is 3.40. The summed E-state index contributed by atoms with van der Waals surface area (Å²) in [5, 5.41) is 6.77. The minimum Gasteiger partial charge on any atom is -0.357 e. The second-order valence-electron chi connectivity index (χ2n) is 6.36. The molecule has 0 spiro atoms. The monoisotopic (exact) mass is 316 g/mol. The van der Waals surface area contributed by atoms with Gasteiger partial charge in [0.05, 0.1) is 0 Å². The first kappa shape index (κ1) is 17.8. The lowest BCUT2D eigenvalue weighted by atomic mass is 10.00. The molecule has 0 saturated carbocycles. The fraction of sp³-hybridized carbons (Fsp3) is 0.632. The van der Waals surface area contributed by atoms with Gasteiger partial charge in [-0.15, -0.1) is 0 Å². The van der Waals surface area contributed by atoms with E-state index in [-0.39, 0.29) is 0 Å². The van der Waals surface area contributed by atoms with E-state index in [2.05, 4.69) is 60.6 Å². The summed E-state index contributed by atoms with van der Waals surface area (Å²) in [5.41, 5.74) is 3.02. The van der Waals surface area contributed by atoms with Crippen LogP contribution in [0.3, 0.4) is 0 Å². The van der Waals surface area contributed by atoms with Gasteiger partial charge in [0.25, 0.3) is 0 Å². The summed E-state index contributed by atoms with van der Waals surface area (Å²) in [6, 6.07) is 9.29. The minimum absolute atomic E-state index is 0.464. The third-order valence-electron chi connectivity index (χ3n) is 4.45. The molecular formula is C19H32N4. The number of aliphatic imine (C=N–C) groups is 1. The number of benzene rings is 1. The highest BCUT2D eigenvalue weighted by Gasteiger charge is 2.14. The molecule has 23 heavy (non-hydrogen) atoms. The summed E-state index contributed by atoms with van der Waals surface area (Å²) in [5.74, 6) is 0.950. The van der Waals surface area contributed by atoms with Gasteiger partial charge in [0.15, 0.2) is 5.96 Å². The quantitative estimate of drug-likeness (QED) is 0.462. The molecule has 1 atom stereocenters. The van der Waals surface area contributed by atoms with Gasteiger partial charge in [-0.3, -0.25) is 9.89 Å². The molecule has 1 aliphatic rings. The molecule has 4 nitrogen and oxygen atoms in total. The number of hydrogen-bond acceptors (Lipinski definition) is 2. The summed E-state index contributed by atoms with van der Waals surface area (Å²) >= 11 is 0. The molecule has 0 bridgehead atoms. The van der Waals surface area contributed by atoms with Gasteiger partial charge in [0, 0.05) is 38.8 Å². The summed E-state index contributed by atoms with van der Waals surface area (Å²) in [6.45, 7) is 11.7. The molecule has 4 heteroatoms. The molecule has 1 heterocycles. The molecule has 0 amide bonds. The second kappa shape index (κ2) is 9.56. The van der Waals surface area contributed by atoms with Gasteiger partial charge < -0.3 is 10.6 Å². The number of rotatable bonds is 7. The lowest BCUT2D eigenvalue weighted by Crippen LogP contribution is -2.42. The van der Waals surface area contributed by atoms with Crippen LogP contribution in [-0.2, 0) is 13.0 Å². The highest BCUT2D eigenvalue weighted by Crippen LogP contribution is 2.18. The van der Waals surface area contributed by atoms with E-state index in [4.69, 9.17) is 4.99 Å². The Morgan fingerprint density at radius 2 is 2.04 bits per heavy atom. The van der Waals surface area contributed by atoms with E-state index in [9.17, 15) is 0 Å². The van der Waals surface area contributed by atoms with Gasteiger partial charge in [0.1, 0.15) is 0 Å². The number of fused-ring (bicyclic) bond motifs is 1. The van der Waals surface area contributed by atoms with Gasteiger partial charge in [-0.1, -0.05) is 31.2 Å². The lowest BCUT2D eigenvalue weighted by molar-refractivity contribution is 0.252. The summed E-state index contributed by atoms with van der Waals surface area (Å²) < 4.78 is 0. The van der Waals surface area contributed by atoms with Gasteiger partial charge in [-0.25, -0.2) is 0 Å². The van der Waals surface area contributed by atoms with E-state index in [0.29, 0.717) is 6.04 Å². The Morgan fingerprint density at radius 1 is 1.26 bits per heavy atom. The zero-order valence-electron chi connectivity index (χ0n) is 14.9. The Morgan fingerprint density at radius 3 is 2.78 bits per heavy atom. The molecule has 1 aromatic carbocycles. The largest absolute Gasteiger partial charge is 0.357 e. The molecule has 0 saturated heterocycles. The SMILES string of the molecule is CCNC(=NCCCN1CCc2ccccc2C1)NC(C)CC. The van der Waals surface area contributed by atoms with Crippen LogP contribution in [0.25, 0.3) is 0 Å². The normalized spacial score (nSPS) is 16.7. The van der Waals surface area contributed by atoms with Crippen molar-refractivity contribution < 1.29 is 0 Å². The number of nitrogens with one attached hydrogen (secondary N) is 2. The first-order valence-corrected chi connectivity index (χ1v) is 9.07. The minimum atomic E-state index is 0.464. The average Bonchev–Trinajstić information content (AvgIpc) is 2.58. The van der Waals surface area contributed by atoms with Crippen molar-refractivity contribution in [2.75, 3.05) is 26.2 Å². The van der Waals surface area contributed by atoms with Crippen LogP contribution in [0.15, 0.2) is 29.3 Å². The topological polar surface area (TPSA) is 39.7 Å². The molecule has 1 aromatic rings. The maximum absolute atomic E-state index is 4.70. The van der Waals surface area contributed by atoms with E-state index in [0.717, 1.165) is 45.0 Å². The molecule has 1 aliphatic heterocycles. The van der Waals surface area contributed by atoms with Crippen molar-refractivity contribution in [3.8, 4) is 0 Å². The van der Waals surface area contributed by atoms with Crippen molar-refractivity contribution in [3.63, 3.8) is 0 Å². The highest BCUT2D eigenvalue weighted by molar-refractivity contribution is 5.79. The van der Waals surface area contributed by atoms with Crippen molar-refractivity contribution in [3.05, 3.63) is 35.4 Å². The molecule has 2 rings (SSSR count). The molecule has 2 N–H and O–H groups in total. The molecule has 1 unspecified atom stereocenters. The maximum Gasteiger partial charge on any atom is 0.191 e. The van der Waals surface area contributed by atoms with Crippen LogP contribution >= 0.6 is 0 Å². The molecule has 0 aromatic heterocycles. The predicted octanol–water partition coefficient (Wildman–Crippen LogP) is 2.79. The fourth-order valence-corrected chi connectivity index (χ4v) is 2.89. The van der Waals surface area contributed by atoms with Crippen molar-refractivity contribution in [1.29, 1.82) is 0 Å². The van der Waals surface area contributed by atoms with Crippen molar-refractivity contribution in [2.24, 2.45) is 4.99 Å². The van der Waals surface area contributed by atoms with E-state index in [1.165, 1.54) is 24.1 Å². The lowest BCUT2D eigenvalue weighted by Gasteiger charge is -2.28. The van der Waals surface area contributed by atoms with Crippen LogP contribution in [0.4, 0.5) is 0 Å². The fourth-order valence-electron chi connectivity index (χ4n) is 2.89. The molecule has 0 fully saturated rings. The maximum atomic E-state index is 4.70. The second-order valence-corrected chi connectivity index (χ2v) is 6.36. The number of guanidine groups is 1. The third kappa shape index (κ3) is 5.87. The van der Waals surface area contributed by atoms with Gasteiger partial charge in [0.2, 0.25) is 0 Å². The molecular weight excluding hydrogens is 284 g/mol. The van der Waals surface area contributed by atoms with Crippen LogP contribution in [0.2, 0.25) is 0 Å². The standard InChI is InChI=1S/C19H32N4/c1-4-16(3)22-19(20-5-2)21-12-8-13-23-14-11-17-9-6-7-10-18(17)15-23/h6-7,9-10,16H,4-5,8,11-15H2,1-3H3,(H2,20,21,22). The Labute approximate surface area is 141 Å². The third-order valence-corrected chi connectivity index (χ3v) is 4.45. The molecule has 128 valence electrons. The predicted molar refractivity (Wildman–Crippen MR) is 98.9 cm³/mol. The van der Waals surface area contributed by atoms with Crippen LogP contribution in [0, 0.1) is 0 Å². The van der Waals surface area contributed by atoms with Crippen molar-refractivity contribution in [1.82, 2.24) is 15.5 Å². The van der Waals surface area contributed by atoms with Crippen LogP contribution in [0.5, 0.6) is 0 Å². The number of nitrogens with zero attached hydrogens (tertiary/aromatic N) is 2. The number of hydrogen-bond donors (Lipinski definition) is 2. The summed E-state index contributed by atoms with van der Waals surface area (Å²) in [4.78, 5) is 7.25. The van der Waals surface area contributed by atoms with Crippen molar-refractivity contribution >= 4 is 5.96 Å². The summed E-state index contributed by atoms with van der Waals surface area (Å²) in [7, 11) is 0. The Balaban J connectivity index is 1.74. The first-order valence-electron chi connectivity index (χ1n) is 9.07. The van der Waals surface area contributed by atoms with E-state index < -0.39 is 0 Å².